The molecule has 17 heavy (non-hydrogen) atoms. The van der Waals surface area contributed by atoms with E-state index in [1.165, 1.54) is 25.8 Å². The largest absolute Gasteiger partial charge is 0.379 e. The third-order valence-electron chi connectivity index (χ3n) is 4.14. The molecule has 1 saturated carbocycles. The van der Waals surface area contributed by atoms with Crippen molar-refractivity contribution < 1.29 is 4.74 Å². The van der Waals surface area contributed by atoms with Crippen molar-refractivity contribution in [2.45, 2.75) is 39.2 Å². The molecule has 2 aliphatic rings. The maximum Gasteiger partial charge on any atom is 0.0594 e. The van der Waals surface area contributed by atoms with Gasteiger partial charge in [0, 0.05) is 32.2 Å². The first-order valence-corrected chi connectivity index (χ1v) is 7.27. The molecule has 0 bridgehead atoms. The van der Waals surface area contributed by atoms with Crippen LogP contribution in [-0.2, 0) is 4.74 Å². The summed E-state index contributed by atoms with van der Waals surface area (Å²) in [6.07, 6.45) is 4.16. The third-order valence-corrected chi connectivity index (χ3v) is 4.14. The number of hydrogen-bond acceptors (Lipinski definition) is 3. The summed E-state index contributed by atoms with van der Waals surface area (Å²) in [7, 11) is 0. The van der Waals surface area contributed by atoms with E-state index in [0.717, 1.165) is 50.7 Å². The van der Waals surface area contributed by atoms with Crippen molar-refractivity contribution in [3.63, 3.8) is 0 Å². The Bertz CT molecular complexity index is 206. The van der Waals surface area contributed by atoms with Crippen molar-refractivity contribution in [2.24, 2.45) is 11.8 Å². The van der Waals surface area contributed by atoms with Crippen molar-refractivity contribution in [1.29, 1.82) is 0 Å². The molecule has 1 heterocycles. The van der Waals surface area contributed by atoms with Crippen LogP contribution in [0.25, 0.3) is 0 Å². The third kappa shape index (κ3) is 4.57. The zero-order chi connectivity index (χ0) is 12.1. The van der Waals surface area contributed by atoms with Gasteiger partial charge in [0.25, 0.3) is 0 Å². The van der Waals surface area contributed by atoms with Crippen molar-refractivity contribution in [2.75, 3.05) is 39.4 Å². The highest BCUT2D eigenvalue weighted by Gasteiger charge is 2.23. The van der Waals surface area contributed by atoms with Crippen LogP contribution in [0.4, 0.5) is 0 Å². The van der Waals surface area contributed by atoms with Gasteiger partial charge in [-0.05, 0) is 31.1 Å². The maximum atomic E-state index is 5.36. The normalized spacial score (nSPS) is 36.0. The van der Waals surface area contributed by atoms with Crippen LogP contribution >= 0.6 is 0 Å². The molecule has 1 aliphatic heterocycles. The molecule has 1 saturated heterocycles. The van der Waals surface area contributed by atoms with Crippen LogP contribution in [0.15, 0.2) is 0 Å². The van der Waals surface area contributed by atoms with Gasteiger partial charge in [-0.3, -0.25) is 4.90 Å². The summed E-state index contributed by atoms with van der Waals surface area (Å²) in [6.45, 7) is 11.2. The fraction of sp³-hybridized carbons (Fsp3) is 1.00. The van der Waals surface area contributed by atoms with E-state index in [1.807, 2.05) is 0 Å². The molecule has 1 N–H and O–H groups in total. The van der Waals surface area contributed by atoms with E-state index in [9.17, 15) is 0 Å². The lowest BCUT2D eigenvalue weighted by molar-refractivity contribution is 0.0377. The van der Waals surface area contributed by atoms with Gasteiger partial charge in [-0.15, -0.1) is 0 Å². The molecule has 0 amide bonds. The molecule has 0 radical (unpaired) electrons. The Balaban J connectivity index is 1.60. The lowest BCUT2D eigenvalue weighted by Gasteiger charge is -2.33. The van der Waals surface area contributed by atoms with Gasteiger partial charge in [-0.1, -0.05) is 13.8 Å². The highest BCUT2D eigenvalue weighted by molar-refractivity contribution is 4.80. The zero-order valence-electron chi connectivity index (χ0n) is 11.5. The van der Waals surface area contributed by atoms with Crippen LogP contribution in [0.1, 0.15) is 33.1 Å². The number of nitrogens with zero attached hydrogens (tertiary/aromatic N) is 1. The average Bonchev–Trinajstić information content (AvgIpc) is 2.29. The van der Waals surface area contributed by atoms with Crippen LogP contribution in [-0.4, -0.2) is 50.3 Å². The first kappa shape index (κ1) is 13.3. The Morgan fingerprint density at radius 3 is 2.35 bits per heavy atom. The molecule has 3 nitrogen and oxygen atoms in total. The number of morpholine rings is 1. The van der Waals surface area contributed by atoms with E-state index in [0.29, 0.717) is 0 Å². The minimum Gasteiger partial charge on any atom is -0.379 e. The van der Waals surface area contributed by atoms with E-state index < -0.39 is 0 Å². The van der Waals surface area contributed by atoms with Gasteiger partial charge in [0.1, 0.15) is 0 Å². The highest BCUT2D eigenvalue weighted by atomic mass is 16.5. The molecule has 0 aromatic rings. The van der Waals surface area contributed by atoms with Crippen LogP contribution in [0.5, 0.6) is 0 Å². The molecule has 2 fully saturated rings. The van der Waals surface area contributed by atoms with E-state index in [4.69, 9.17) is 4.74 Å². The van der Waals surface area contributed by atoms with Crippen LogP contribution < -0.4 is 5.32 Å². The van der Waals surface area contributed by atoms with Gasteiger partial charge < -0.3 is 10.1 Å². The van der Waals surface area contributed by atoms with Gasteiger partial charge in [-0.2, -0.15) is 0 Å². The summed E-state index contributed by atoms with van der Waals surface area (Å²) in [5.41, 5.74) is 0. The van der Waals surface area contributed by atoms with Gasteiger partial charge in [0.2, 0.25) is 0 Å². The second-order valence-electron chi connectivity index (χ2n) is 6.02. The zero-order valence-corrected chi connectivity index (χ0v) is 11.5. The molecule has 2 rings (SSSR count). The van der Waals surface area contributed by atoms with Gasteiger partial charge in [0.05, 0.1) is 13.2 Å². The van der Waals surface area contributed by atoms with Crippen molar-refractivity contribution in [3.05, 3.63) is 0 Å². The monoisotopic (exact) mass is 240 g/mol. The Kier molecular flexibility index (Phi) is 5.26. The van der Waals surface area contributed by atoms with E-state index >= 15 is 0 Å². The molecule has 1 aliphatic carbocycles. The Morgan fingerprint density at radius 1 is 1.06 bits per heavy atom. The fourth-order valence-corrected chi connectivity index (χ4v) is 3.37. The van der Waals surface area contributed by atoms with Crippen molar-refractivity contribution in [1.82, 2.24) is 10.2 Å². The first-order chi connectivity index (χ1) is 8.24. The molecular formula is C14H28N2O. The second kappa shape index (κ2) is 6.72. The molecule has 0 aromatic carbocycles. The maximum absolute atomic E-state index is 5.36. The highest BCUT2D eigenvalue weighted by Crippen LogP contribution is 2.28. The molecule has 2 unspecified atom stereocenters. The van der Waals surface area contributed by atoms with Crippen LogP contribution in [0.2, 0.25) is 0 Å². The molecule has 0 aromatic heterocycles. The Hall–Kier alpha value is -0.120. The van der Waals surface area contributed by atoms with Gasteiger partial charge >= 0.3 is 0 Å². The molecule has 0 spiro atoms. The summed E-state index contributed by atoms with van der Waals surface area (Å²) < 4.78 is 5.36. The Morgan fingerprint density at radius 2 is 1.71 bits per heavy atom. The van der Waals surface area contributed by atoms with E-state index in [2.05, 4.69) is 24.1 Å². The minimum atomic E-state index is 0.759. The van der Waals surface area contributed by atoms with E-state index in [-0.39, 0.29) is 0 Å². The first-order valence-electron chi connectivity index (χ1n) is 7.27. The summed E-state index contributed by atoms with van der Waals surface area (Å²) in [6, 6.07) is 0.759. The SMILES string of the molecule is CC1CC(C)CC(NCCN2CCOCC2)C1. The van der Waals surface area contributed by atoms with Crippen molar-refractivity contribution >= 4 is 0 Å². The van der Waals surface area contributed by atoms with Crippen molar-refractivity contribution in [3.8, 4) is 0 Å². The van der Waals surface area contributed by atoms with Gasteiger partial charge in [0.15, 0.2) is 0 Å². The lowest BCUT2D eigenvalue weighted by atomic mass is 9.80. The predicted octanol–water partition coefficient (Wildman–Crippen LogP) is 1.73. The average molecular weight is 240 g/mol. The number of rotatable bonds is 4. The predicted molar refractivity (Wildman–Crippen MR) is 71.2 cm³/mol. The fourth-order valence-electron chi connectivity index (χ4n) is 3.37. The minimum absolute atomic E-state index is 0.759. The number of nitrogens with one attached hydrogen (secondary N) is 1. The molecule has 3 heteroatoms. The quantitative estimate of drug-likeness (QED) is 0.810. The van der Waals surface area contributed by atoms with Gasteiger partial charge in [-0.25, -0.2) is 0 Å². The summed E-state index contributed by atoms with van der Waals surface area (Å²) in [5, 5.41) is 3.75. The molecule has 100 valence electrons. The molecular weight excluding hydrogens is 212 g/mol. The summed E-state index contributed by atoms with van der Waals surface area (Å²) in [4.78, 5) is 2.51. The van der Waals surface area contributed by atoms with Crippen LogP contribution in [0.3, 0.4) is 0 Å². The summed E-state index contributed by atoms with van der Waals surface area (Å²) in [5.74, 6) is 1.80. The topological polar surface area (TPSA) is 24.5 Å². The number of ether oxygens (including phenoxy) is 1. The van der Waals surface area contributed by atoms with Crippen LogP contribution in [0, 0.1) is 11.8 Å². The second-order valence-corrected chi connectivity index (χ2v) is 6.02. The molecule has 2 atom stereocenters. The van der Waals surface area contributed by atoms with E-state index in [1.54, 1.807) is 0 Å². The lowest BCUT2D eigenvalue weighted by Crippen LogP contribution is -2.43. The smallest absolute Gasteiger partial charge is 0.0594 e. The Labute approximate surface area is 106 Å². The number of hydrogen-bond donors (Lipinski definition) is 1. The standard InChI is InChI=1S/C14H28N2O/c1-12-9-13(2)11-14(10-12)15-3-4-16-5-7-17-8-6-16/h12-15H,3-11H2,1-2H3. The summed E-state index contributed by atoms with van der Waals surface area (Å²) >= 11 is 0.